The summed E-state index contributed by atoms with van der Waals surface area (Å²) in [5, 5.41) is 2.87. The molecule has 4 nitrogen and oxygen atoms in total. The van der Waals surface area contributed by atoms with Gasteiger partial charge in [-0.1, -0.05) is 46.9 Å². The molecular weight excluding hydrogens is 347 g/mol. The lowest BCUT2D eigenvalue weighted by atomic mass is 10.1. The van der Waals surface area contributed by atoms with E-state index in [9.17, 15) is 4.79 Å². The van der Waals surface area contributed by atoms with Gasteiger partial charge < -0.3 is 9.64 Å². The summed E-state index contributed by atoms with van der Waals surface area (Å²) in [7, 11) is 1.52. The Hall–Kier alpha value is -0.680. The van der Waals surface area contributed by atoms with Crippen LogP contribution >= 0.6 is 34.8 Å². The summed E-state index contributed by atoms with van der Waals surface area (Å²) in [5.74, 6) is 0.198. The molecule has 1 aromatic carbocycles. The number of carbonyl (C=O) groups excluding carboxylic acids is 1. The molecule has 0 bridgehead atoms. The van der Waals surface area contributed by atoms with E-state index in [-0.39, 0.29) is 5.91 Å². The van der Waals surface area contributed by atoms with Gasteiger partial charge in [0.15, 0.2) is 0 Å². The van der Waals surface area contributed by atoms with Gasteiger partial charge in [0.1, 0.15) is 5.75 Å². The third-order valence-electron chi connectivity index (χ3n) is 3.86. The van der Waals surface area contributed by atoms with Crippen molar-refractivity contribution in [3.8, 4) is 5.75 Å². The summed E-state index contributed by atoms with van der Waals surface area (Å²) < 4.78 is 3.65. The van der Waals surface area contributed by atoms with Crippen LogP contribution in [-0.2, 0) is 0 Å². The highest BCUT2D eigenvalue weighted by molar-refractivity contribution is 6.68. The summed E-state index contributed by atoms with van der Waals surface area (Å²) >= 11 is 18.3. The highest BCUT2D eigenvalue weighted by Crippen LogP contribution is 2.28. The number of carbonyl (C=O) groups is 1. The average molecular weight is 367 g/mol. The third kappa shape index (κ3) is 4.42. The number of rotatable bonds is 4. The minimum atomic E-state index is -1.57. The van der Waals surface area contributed by atoms with Crippen LogP contribution in [0, 0.1) is 0 Å². The first kappa shape index (κ1) is 17.7. The Kier molecular flexibility index (Phi) is 6.21. The van der Waals surface area contributed by atoms with E-state index in [1.54, 1.807) is 24.3 Å². The van der Waals surface area contributed by atoms with E-state index >= 15 is 0 Å². The van der Waals surface area contributed by atoms with Crippen LogP contribution in [0.3, 0.4) is 0 Å². The Balaban J connectivity index is 2.17. The summed E-state index contributed by atoms with van der Waals surface area (Å²) in [4.78, 5) is 13.6. The Bertz CT molecular complexity index is 514. The quantitative estimate of drug-likeness (QED) is 0.802. The van der Waals surface area contributed by atoms with Crippen LogP contribution in [0.15, 0.2) is 24.3 Å². The zero-order valence-corrected chi connectivity index (χ0v) is 14.6. The van der Waals surface area contributed by atoms with Crippen LogP contribution in [0.5, 0.6) is 5.75 Å². The molecule has 2 N–H and O–H groups in total. The van der Waals surface area contributed by atoms with Crippen LogP contribution in [0.25, 0.3) is 0 Å². The molecular formula is C15H20Cl3N2O2+. The van der Waals surface area contributed by atoms with Gasteiger partial charge in [-0.15, -0.1) is 0 Å². The number of ether oxygens (including phenoxy) is 1. The molecule has 1 amide bonds. The molecule has 0 spiro atoms. The van der Waals surface area contributed by atoms with Gasteiger partial charge in [0.2, 0.25) is 6.17 Å². The monoisotopic (exact) mass is 365 g/mol. The Morgan fingerprint density at radius 1 is 1.23 bits per heavy atom. The lowest BCUT2D eigenvalue weighted by molar-refractivity contribution is -0.931. The summed E-state index contributed by atoms with van der Waals surface area (Å²) in [6, 6.07) is 7.00. The maximum atomic E-state index is 12.5. The van der Waals surface area contributed by atoms with Crippen LogP contribution in [0.2, 0.25) is 0 Å². The standard InChI is InChI=1S/C15H19Cl3N2O2/c1-22-12-8-4-3-7-11(12)13(21)19-14(15(16,17)18)20-9-5-2-6-10-20/h3-4,7-8,14H,2,5-6,9-10H2,1H3,(H,19,21)/p+1/t14-/m1/s1. The van der Waals surface area contributed by atoms with Crippen LogP contribution in [-0.4, -0.2) is 36.1 Å². The molecule has 0 unspecified atom stereocenters. The highest BCUT2D eigenvalue weighted by Gasteiger charge is 2.42. The predicted octanol–water partition coefficient (Wildman–Crippen LogP) is 2.19. The largest absolute Gasteiger partial charge is 0.496 e. The maximum Gasteiger partial charge on any atom is 0.262 e. The van der Waals surface area contributed by atoms with E-state index in [0.29, 0.717) is 11.3 Å². The lowest BCUT2D eigenvalue weighted by Crippen LogP contribution is -3.20. The second-order valence-electron chi connectivity index (χ2n) is 5.37. The summed E-state index contributed by atoms with van der Waals surface area (Å²) in [6.45, 7) is 1.76. The molecule has 1 atom stereocenters. The number of quaternary nitrogens is 1. The van der Waals surface area contributed by atoms with E-state index in [0.717, 1.165) is 30.8 Å². The first-order valence-corrected chi connectivity index (χ1v) is 8.42. The Morgan fingerprint density at radius 3 is 2.45 bits per heavy atom. The fraction of sp³-hybridized carbons (Fsp3) is 0.533. The second-order valence-corrected chi connectivity index (χ2v) is 7.74. The first-order chi connectivity index (χ1) is 10.4. The number of benzene rings is 1. The van der Waals surface area contributed by atoms with Gasteiger partial charge in [0.25, 0.3) is 9.70 Å². The average Bonchev–Trinajstić information content (AvgIpc) is 2.52. The van der Waals surface area contributed by atoms with E-state index in [1.165, 1.54) is 13.5 Å². The molecule has 22 heavy (non-hydrogen) atoms. The van der Waals surface area contributed by atoms with Crippen molar-refractivity contribution in [1.82, 2.24) is 5.32 Å². The number of methoxy groups -OCH3 is 1. The number of alkyl halides is 3. The Labute approximate surface area is 145 Å². The lowest BCUT2D eigenvalue weighted by Gasteiger charge is -2.35. The smallest absolute Gasteiger partial charge is 0.262 e. The van der Waals surface area contributed by atoms with Gasteiger partial charge in [0.05, 0.1) is 25.8 Å². The van der Waals surface area contributed by atoms with Gasteiger partial charge in [-0.3, -0.25) is 10.1 Å². The van der Waals surface area contributed by atoms with Gasteiger partial charge in [-0.25, -0.2) is 0 Å². The molecule has 122 valence electrons. The number of halogens is 3. The van der Waals surface area contributed by atoms with E-state index in [2.05, 4.69) is 5.32 Å². The maximum absolute atomic E-state index is 12.5. The molecule has 0 aliphatic carbocycles. The SMILES string of the molecule is COc1ccccc1C(=O)N[C@H]([NH+]1CCCCC1)C(Cl)(Cl)Cl. The minimum absolute atomic E-state index is 0.299. The van der Waals surface area contributed by atoms with Crippen LogP contribution < -0.4 is 15.0 Å². The Morgan fingerprint density at radius 2 is 1.86 bits per heavy atom. The number of likely N-dealkylation sites (tertiary alicyclic amines) is 1. The number of piperidine rings is 1. The molecule has 0 radical (unpaired) electrons. The minimum Gasteiger partial charge on any atom is -0.496 e. The molecule has 7 heteroatoms. The number of hydrogen-bond donors (Lipinski definition) is 2. The molecule has 2 rings (SSSR count). The molecule has 1 heterocycles. The molecule has 0 aromatic heterocycles. The predicted molar refractivity (Wildman–Crippen MR) is 89.1 cm³/mol. The van der Waals surface area contributed by atoms with Crippen molar-refractivity contribution in [1.29, 1.82) is 0 Å². The van der Waals surface area contributed by atoms with E-state index in [4.69, 9.17) is 39.5 Å². The first-order valence-electron chi connectivity index (χ1n) is 7.28. The summed E-state index contributed by atoms with van der Waals surface area (Å²) in [6.07, 6.45) is 2.72. The molecule has 0 saturated carbocycles. The topological polar surface area (TPSA) is 42.8 Å². The number of amides is 1. The summed E-state index contributed by atoms with van der Waals surface area (Å²) in [5.41, 5.74) is 0.431. The second kappa shape index (κ2) is 7.73. The molecule has 1 saturated heterocycles. The zero-order valence-electron chi connectivity index (χ0n) is 12.4. The highest BCUT2D eigenvalue weighted by atomic mass is 35.6. The van der Waals surface area contributed by atoms with Crippen molar-refractivity contribution in [2.75, 3.05) is 20.2 Å². The van der Waals surface area contributed by atoms with Gasteiger partial charge in [-0.05, 0) is 31.4 Å². The van der Waals surface area contributed by atoms with Gasteiger partial charge >= 0.3 is 0 Å². The number of nitrogens with one attached hydrogen (secondary N) is 2. The normalized spacial score (nSPS) is 17.8. The van der Waals surface area contributed by atoms with Crippen molar-refractivity contribution in [2.24, 2.45) is 0 Å². The number of para-hydroxylation sites is 1. The van der Waals surface area contributed by atoms with Crippen molar-refractivity contribution < 1.29 is 14.4 Å². The molecule has 1 aromatic rings. The molecule has 1 aliphatic heterocycles. The third-order valence-corrected chi connectivity index (χ3v) is 4.51. The van der Waals surface area contributed by atoms with Crippen molar-refractivity contribution in [2.45, 2.75) is 29.2 Å². The van der Waals surface area contributed by atoms with Crippen molar-refractivity contribution in [3.63, 3.8) is 0 Å². The number of hydrogen-bond acceptors (Lipinski definition) is 2. The zero-order chi connectivity index (χ0) is 16.2. The van der Waals surface area contributed by atoms with E-state index in [1.807, 2.05) is 0 Å². The van der Waals surface area contributed by atoms with Gasteiger partial charge in [-0.2, -0.15) is 0 Å². The van der Waals surface area contributed by atoms with Crippen LogP contribution in [0.1, 0.15) is 29.6 Å². The fourth-order valence-electron chi connectivity index (χ4n) is 2.75. The van der Waals surface area contributed by atoms with Crippen molar-refractivity contribution >= 4 is 40.7 Å². The van der Waals surface area contributed by atoms with E-state index < -0.39 is 9.96 Å². The fourth-order valence-corrected chi connectivity index (χ4v) is 3.38. The van der Waals surface area contributed by atoms with Gasteiger partial charge in [0, 0.05) is 0 Å². The molecule has 1 fully saturated rings. The van der Waals surface area contributed by atoms with Crippen LogP contribution in [0.4, 0.5) is 0 Å². The molecule has 1 aliphatic rings. The van der Waals surface area contributed by atoms with Crippen molar-refractivity contribution in [3.05, 3.63) is 29.8 Å².